The number of fused-ring (bicyclic) bond motifs is 1. The molecule has 2 rings (SSSR count). The molecular weight excluding hydrogens is 244 g/mol. The number of benzene rings is 1. The topological polar surface area (TPSA) is 15.3 Å². The molecule has 1 aromatic rings. The van der Waals surface area contributed by atoms with Gasteiger partial charge >= 0.3 is 0 Å². The Hall–Kier alpha value is -1.02. The molecule has 0 saturated carbocycles. The zero-order valence-corrected chi connectivity index (χ0v) is 13.4. The summed E-state index contributed by atoms with van der Waals surface area (Å²) in [5.74, 6) is 0. The molecule has 0 bridgehead atoms. The van der Waals surface area contributed by atoms with Gasteiger partial charge in [-0.3, -0.25) is 0 Å². The van der Waals surface area contributed by atoms with Crippen molar-refractivity contribution in [2.75, 3.05) is 25.0 Å². The van der Waals surface area contributed by atoms with Gasteiger partial charge in [0, 0.05) is 24.8 Å². The maximum atomic E-state index is 3.33. The van der Waals surface area contributed by atoms with Crippen molar-refractivity contribution in [3.63, 3.8) is 0 Å². The molecule has 1 atom stereocenters. The molecule has 0 saturated heterocycles. The summed E-state index contributed by atoms with van der Waals surface area (Å²) in [7, 11) is 2.03. The third-order valence-electron chi connectivity index (χ3n) is 4.53. The predicted octanol–water partition coefficient (Wildman–Crippen LogP) is 4.30. The van der Waals surface area contributed by atoms with Crippen molar-refractivity contribution in [2.45, 2.75) is 58.4 Å². The molecule has 1 aliphatic heterocycles. The number of hydrogen-bond acceptors (Lipinski definition) is 2. The quantitative estimate of drug-likeness (QED) is 0.746. The van der Waals surface area contributed by atoms with Gasteiger partial charge in [-0.15, -0.1) is 0 Å². The monoisotopic (exact) mass is 274 g/mol. The lowest BCUT2D eigenvalue weighted by atomic mass is 9.96. The Morgan fingerprint density at radius 3 is 2.85 bits per heavy atom. The molecule has 2 nitrogen and oxygen atoms in total. The molecule has 0 amide bonds. The number of anilines is 1. The molecule has 0 fully saturated rings. The number of hydrogen-bond donors (Lipinski definition) is 1. The second-order valence-corrected chi connectivity index (χ2v) is 6.05. The standard InChI is InChI=1S/C18H30N2/c1-4-5-6-7-12-20-13-8-9-17-14-16(15(2)19-3)10-11-18(17)20/h10-11,14-15,19H,4-9,12-13H2,1-3H3. The molecule has 1 aromatic carbocycles. The lowest BCUT2D eigenvalue weighted by Crippen LogP contribution is -2.30. The van der Waals surface area contributed by atoms with Crippen molar-refractivity contribution < 1.29 is 0 Å². The highest BCUT2D eigenvalue weighted by Gasteiger charge is 2.17. The van der Waals surface area contributed by atoms with Crippen molar-refractivity contribution in [3.05, 3.63) is 29.3 Å². The summed E-state index contributed by atoms with van der Waals surface area (Å²) < 4.78 is 0. The van der Waals surface area contributed by atoms with E-state index in [-0.39, 0.29) is 0 Å². The molecule has 2 heteroatoms. The summed E-state index contributed by atoms with van der Waals surface area (Å²) in [6, 6.07) is 7.50. The molecule has 1 unspecified atom stereocenters. The van der Waals surface area contributed by atoms with Crippen LogP contribution in [0.5, 0.6) is 0 Å². The van der Waals surface area contributed by atoms with Crippen molar-refractivity contribution in [1.29, 1.82) is 0 Å². The Morgan fingerprint density at radius 1 is 1.25 bits per heavy atom. The summed E-state index contributed by atoms with van der Waals surface area (Å²) >= 11 is 0. The van der Waals surface area contributed by atoms with E-state index in [0.29, 0.717) is 6.04 Å². The lowest BCUT2D eigenvalue weighted by molar-refractivity contribution is 0.616. The van der Waals surface area contributed by atoms with Crippen molar-refractivity contribution in [3.8, 4) is 0 Å². The average molecular weight is 274 g/mol. The molecule has 0 radical (unpaired) electrons. The first-order valence-corrected chi connectivity index (χ1v) is 8.31. The first-order valence-electron chi connectivity index (χ1n) is 8.31. The summed E-state index contributed by atoms with van der Waals surface area (Å²) in [6.07, 6.45) is 7.95. The first-order chi connectivity index (χ1) is 9.76. The second kappa shape index (κ2) is 7.68. The molecule has 20 heavy (non-hydrogen) atoms. The average Bonchev–Trinajstić information content (AvgIpc) is 2.50. The van der Waals surface area contributed by atoms with Gasteiger partial charge in [-0.1, -0.05) is 38.3 Å². The minimum absolute atomic E-state index is 0.445. The van der Waals surface area contributed by atoms with Gasteiger partial charge in [-0.2, -0.15) is 0 Å². The normalized spacial score (nSPS) is 16.1. The van der Waals surface area contributed by atoms with Crippen LogP contribution < -0.4 is 10.2 Å². The molecule has 1 heterocycles. The molecule has 1 aliphatic rings. The Labute approximate surface area is 124 Å². The number of nitrogens with one attached hydrogen (secondary N) is 1. The highest BCUT2D eigenvalue weighted by Crippen LogP contribution is 2.30. The van der Waals surface area contributed by atoms with Crippen LogP contribution in [0.15, 0.2) is 18.2 Å². The zero-order valence-electron chi connectivity index (χ0n) is 13.4. The largest absolute Gasteiger partial charge is 0.371 e. The summed E-state index contributed by atoms with van der Waals surface area (Å²) in [4.78, 5) is 2.60. The van der Waals surface area contributed by atoms with E-state index in [9.17, 15) is 0 Å². The smallest absolute Gasteiger partial charge is 0.0398 e. The Kier molecular flexibility index (Phi) is 5.90. The maximum absolute atomic E-state index is 3.33. The van der Waals surface area contributed by atoms with E-state index in [4.69, 9.17) is 0 Å². The van der Waals surface area contributed by atoms with E-state index in [1.807, 2.05) is 7.05 Å². The predicted molar refractivity (Wildman–Crippen MR) is 88.6 cm³/mol. The van der Waals surface area contributed by atoms with Crippen LogP contribution >= 0.6 is 0 Å². The number of rotatable bonds is 7. The van der Waals surface area contributed by atoms with Crippen LogP contribution in [0.4, 0.5) is 5.69 Å². The molecular formula is C18H30N2. The van der Waals surface area contributed by atoms with E-state index in [1.54, 1.807) is 5.56 Å². The SMILES string of the molecule is CCCCCCN1CCCc2cc(C(C)NC)ccc21. The maximum Gasteiger partial charge on any atom is 0.0398 e. The van der Waals surface area contributed by atoms with Gasteiger partial charge in [0.25, 0.3) is 0 Å². The van der Waals surface area contributed by atoms with Crippen LogP contribution in [0.1, 0.15) is 63.1 Å². The van der Waals surface area contributed by atoms with E-state index in [2.05, 4.69) is 42.3 Å². The molecule has 0 aromatic heterocycles. The summed E-state index contributed by atoms with van der Waals surface area (Å²) in [5, 5.41) is 3.33. The molecule has 0 aliphatic carbocycles. The fourth-order valence-electron chi connectivity index (χ4n) is 3.09. The van der Waals surface area contributed by atoms with Gasteiger partial charge in [-0.25, -0.2) is 0 Å². The number of aryl methyl sites for hydroxylation is 1. The summed E-state index contributed by atoms with van der Waals surface area (Å²) in [5.41, 5.74) is 4.45. The minimum Gasteiger partial charge on any atom is -0.371 e. The van der Waals surface area contributed by atoms with E-state index in [0.717, 1.165) is 0 Å². The van der Waals surface area contributed by atoms with Crippen LogP contribution in [-0.2, 0) is 6.42 Å². The van der Waals surface area contributed by atoms with Crippen LogP contribution in [0, 0.1) is 0 Å². The Morgan fingerprint density at radius 2 is 2.10 bits per heavy atom. The van der Waals surface area contributed by atoms with E-state index < -0.39 is 0 Å². The molecule has 1 N–H and O–H groups in total. The van der Waals surface area contributed by atoms with Gasteiger partial charge in [0.05, 0.1) is 0 Å². The molecule has 112 valence electrons. The fourth-order valence-corrected chi connectivity index (χ4v) is 3.09. The highest BCUT2D eigenvalue weighted by atomic mass is 15.1. The van der Waals surface area contributed by atoms with Gasteiger partial charge < -0.3 is 10.2 Å². The van der Waals surface area contributed by atoms with Crippen LogP contribution in [0.3, 0.4) is 0 Å². The van der Waals surface area contributed by atoms with Gasteiger partial charge in [0.15, 0.2) is 0 Å². The third kappa shape index (κ3) is 3.76. The number of unbranched alkanes of at least 4 members (excludes halogenated alkanes) is 3. The number of nitrogens with zero attached hydrogens (tertiary/aromatic N) is 1. The van der Waals surface area contributed by atoms with Crippen molar-refractivity contribution in [2.24, 2.45) is 0 Å². The van der Waals surface area contributed by atoms with Crippen LogP contribution in [0.2, 0.25) is 0 Å². The van der Waals surface area contributed by atoms with Gasteiger partial charge in [-0.05, 0) is 50.4 Å². The summed E-state index contributed by atoms with van der Waals surface area (Å²) in [6.45, 7) is 6.97. The molecule has 0 spiro atoms. The van der Waals surface area contributed by atoms with E-state index in [1.165, 1.54) is 62.9 Å². The van der Waals surface area contributed by atoms with Crippen molar-refractivity contribution >= 4 is 5.69 Å². The Balaban J connectivity index is 2.03. The van der Waals surface area contributed by atoms with E-state index >= 15 is 0 Å². The van der Waals surface area contributed by atoms with Crippen molar-refractivity contribution in [1.82, 2.24) is 5.32 Å². The van der Waals surface area contributed by atoms with Crippen LogP contribution in [-0.4, -0.2) is 20.1 Å². The van der Waals surface area contributed by atoms with Crippen LogP contribution in [0.25, 0.3) is 0 Å². The first kappa shape index (κ1) is 15.4. The Bertz CT molecular complexity index is 414. The second-order valence-electron chi connectivity index (χ2n) is 6.05. The lowest BCUT2D eigenvalue weighted by Gasteiger charge is -2.32. The highest BCUT2D eigenvalue weighted by molar-refractivity contribution is 5.57. The van der Waals surface area contributed by atoms with Gasteiger partial charge in [0.2, 0.25) is 0 Å². The fraction of sp³-hybridized carbons (Fsp3) is 0.667. The van der Waals surface area contributed by atoms with Gasteiger partial charge in [0.1, 0.15) is 0 Å². The minimum atomic E-state index is 0.445. The zero-order chi connectivity index (χ0) is 14.4. The third-order valence-corrected chi connectivity index (χ3v) is 4.53.